The highest BCUT2D eigenvalue weighted by Gasteiger charge is 2.35. The number of hydrogen-bond donors (Lipinski definition) is 1. The first-order chi connectivity index (χ1) is 18.9. The van der Waals surface area contributed by atoms with Crippen LogP contribution in [0.15, 0.2) is 88.8 Å². The number of sulfonamides is 1. The van der Waals surface area contributed by atoms with E-state index in [4.69, 9.17) is 23.8 Å². The first-order valence-corrected chi connectivity index (χ1v) is 13.8. The minimum atomic E-state index is -3.82. The van der Waals surface area contributed by atoms with Gasteiger partial charge in [0.05, 0.1) is 22.6 Å². The molecule has 0 saturated carbocycles. The SMILES string of the molecule is COC1(c2cncc(OC#CC(c3ccccc3)c3ncoc3-c3ccc(S(N)(=O)=O)cc3)c2)CCOCC1. The Morgan fingerprint density at radius 2 is 1.79 bits per heavy atom. The van der Waals surface area contributed by atoms with Crippen LogP contribution in [0.1, 0.15) is 35.6 Å². The monoisotopic (exact) mass is 545 g/mol. The van der Waals surface area contributed by atoms with Crippen molar-refractivity contribution in [3.8, 4) is 29.1 Å². The van der Waals surface area contributed by atoms with Gasteiger partial charge in [0.25, 0.3) is 0 Å². The molecular formula is C29H27N3O6S. The van der Waals surface area contributed by atoms with Gasteiger partial charge in [-0.25, -0.2) is 18.5 Å². The first kappa shape index (κ1) is 26.6. The van der Waals surface area contributed by atoms with Gasteiger partial charge in [-0.05, 0) is 41.8 Å². The largest absolute Gasteiger partial charge is 0.443 e. The van der Waals surface area contributed by atoms with Crippen LogP contribution in [-0.4, -0.2) is 38.7 Å². The van der Waals surface area contributed by atoms with Crippen molar-refractivity contribution < 1.29 is 27.0 Å². The predicted molar refractivity (Wildman–Crippen MR) is 143 cm³/mol. The summed E-state index contributed by atoms with van der Waals surface area (Å²) in [7, 11) is -2.12. The number of methoxy groups -OCH3 is 1. The van der Waals surface area contributed by atoms with Crippen molar-refractivity contribution in [1.29, 1.82) is 0 Å². The topological polar surface area (TPSA) is 127 Å². The first-order valence-electron chi connectivity index (χ1n) is 12.3. The lowest BCUT2D eigenvalue weighted by Crippen LogP contribution is -2.35. The zero-order valence-corrected chi connectivity index (χ0v) is 22.1. The van der Waals surface area contributed by atoms with Crippen LogP contribution in [-0.2, 0) is 25.1 Å². The minimum Gasteiger partial charge on any atom is -0.443 e. The number of nitrogens with two attached hydrogens (primary N) is 1. The Morgan fingerprint density at radius 3 is 2.49 bits per heavy atom. The Hall–Kier alpha value is -4.01. The molecule has 0 amide bonds. The molecule has 1 unspecified atom stereocenters. The summed E-state index contributed by atoms with van der Waals surface area (Å²) in [5.41, 5.74) is 2.52. The van der Waals surface area contributed by atoms with E-state index in [1.54, 1.807) is 31.6 Å². The second-order valence-electron chi connectivity index (χ2n) is 9.05. The molecule has 1 saturated heterocycles. The number of aromatic nitrogens is 2. The molecule has 1 aliphatic heterocycles. The van der Waals surface area contributed by atoms with Gasteiger partial charge < -0.3 is 18.6 Å². The molecule has 1 aliphatic rings. The third-order valence-corrected chi connectivity index (χ3v) is 7.68. The Kier molecular flexibility index (Phi) is 7.77. The van der Waals surface area contributed by atoms with Gasteiger partial charge in [-0.1, -0.05) is 30.3 Å². The lowest BCUT2D eigenvalue weighted by molar-refractivity contribution is -0.0950. The lowest BCUT2D eigenvalue weighted by atomic mass is 9.87. The highest BCUT2D eigenvalue weighted by Crippen LogP contribution is 2.36. The molecule has 39 heavy (non-hydrogen) atoms. The van der Waals surface area contributed by atoms with Gasteiger partial charge in [0, 0.05) is 50.5 Å². The average molecular weight is 546 g/mol. The Balaban J connectivity index is 1.45. The Bertz CT molecular complexity index is 1590. The van der Waals surface area contributed by atoms with E-state index in [0.29, 0.717) is 36.0 Å². The Labute approximate surface area is 227 Å². The second kappa shape index (κ2) is 11.4. The summed E-state index contributed by atoms with van der Waals surface area (Å²) in [6.07, 6.45) is 9.00. The fraction of sp³-hybridized carbons (Fsp3) is 0.241. The van der Waals surface area contributed by atoms with E-state index in [-0.39, 0.29) is 4.90 Å². The quantitative estimate of drug-likeness (QED) is 0.342. The molecule has 9 nitrogen and oxygen atoms in total. The van der Waals surface area contributed by atoms with E-state index < -0.39 is 21.5 Å². The normalized spacial score (nSPS) is 15.6. The van der Waals surface area contributed by atoms with Crippen molar-refractivity contribution >= 4 is 10.0 Å². The summed E-state index contributed by atoms with van der Waals surface area (Å²) in [5, 5.41) is 5.24. The third kappa shape index (κ3) is 5.87. The summed E-state index contributed by atoms with van der Waals surface area (Å²) in [4.78, 5) is 8.80. The maximum atomic E-state index is 11.7. The Morgan fingerprint density at radius 1 is 1.05 bits per heavy atom. The number of rotatable bonds is 7. The molecule has 3 heterocycles. The van der Waals surface area contributed by atoms with Crippen molar-refractivity contribution in [3.63, 3.8) is 0 Å². The number of primary sulfonamides is 1. The molecule has 1 atom stereocenters. The van der Waals surface area contributed by atoms with Gasteiger partial charge in [-0.2, -0.15) is 0 Å². The van der Waals surface area contributed by atoms with Crippen molar-refractivity contribution in [2.24, 2.45) is 5.14 Å². The summed E-state index contributed by atoms with van der Waals surface area (Å²) >= 11 is 0. The van der Waals surface area contributed by atoms with Crippen LogP contribution in [0.3, 0.4) is 0 Å². The highest BCUT2D eigenvalue weighted by molar-refractivity contribution is 7.89. The van der Waals surface area contributed by atoms with Crippen LogP contribution in [0.5, 0.6) is 5.75 Å². The van der Waals surface area contributed by atoms with Gasteiger partial charge in [-0.15, -0.1) is 0 Å². The van der Waals surface area contributed by atoms with Crippen LogP contribution >= 0.6 is 0 Å². The van der Waals surface area contributed by atoms with E-state index in [1.807, 2.05) is 36.4 Å². The summed E-state index contributed by atoms with van der Waals surface area (Å²) in [6.45, 7) is 1.23. The summed E-state index contributed by atoms with van der Waals surface area (Å²) in [6, 6.07) is 17.6. The van der Waals surface area contributed by atoms with Gasteiger partial charge in [0.1, 0.15) is 11.8 Å². The van der Waals surface area contributed by atoms with Crippen LogP contribution in [0.2, 0.25) is 0 Å². The van der Waals surface area contributed by atoms with Crippen molar-refractivity contribution in [2.75, 3.05) is 20.3 Å². The molecule has 200 valence electrons. The fourth-order valence-corrected chi connectivity index (χ4v) is 5.13. The molecule has 1 fully saturated rings. The van der Waals surface area contributed by atoms with E-state index in [1.165, 1.54) is 18.5 Å². The van der Waals surface area contributed by atoms with E-state index >= 15 is 0 Å². The molecule has 10 heteroatoms. The molecule has 2 N–H and O–H groups in total. The number of nitrogens with zero attached hydrogens (tertiary/aromatic N) is 2. The average Bonchev–Trinajstić information content (AvgIpc) is 3.45. The van der Waals surface area contributed by atoms with Crippen LogP contribution < -0.4 is 9.88 Å². The molecule has 0 aliphatic carbocycles. The zero-order chi connectivity index (χ0) is 27.3. The maximum absolute atomic E-state index is 11.7. The van der Waals surface area contributed by atoms with Gasteiger partial charge in [0.15, 0.2) is 17.9 Å². The zero-order valence-electron chi connectivity index (χ0n) is 21.2. The van der Waals surface area contributed by atoms with Crippen LogP contribution in [0.25, 0.3) is 11.3 Å². The van der Waals surface area contributed by atoms with Gasteiger partial charge >= 0.3 is 0 Å². The van der Waals surface area contributed by atoms with Gasteiger partial charge in [-0.3, -0.25) is 4.98 Å². The summed E-state index contributed by atoms with van der Waals surface area (Å²) in [5.74, 6) is 3.63. The lowest BCUT2D eigenvalue weighted by Gasteiger charge is -2.36. The van der Waals surface area contributed by atoms with Crippen LogP contribution in [0.4, 0.5) is 0 Å². The number of benzene rings is 2. The highest BCUT2D eigenvalue weighted by atomic mass is 32.2. The molecule has 4 aromatic rings. The molecule has 0 spiro atoms. The second-order valence-corrected chi connectivity index (χ2v) is 10.6. The summed E-state index contributed by atoms with van der Waals surface area (Å²) < 4.78 is 46.3. The van der Waals surface area contributed by atoms with Crippen molar-refractivity contribution in [1.82, 2.24) is 9.97 Å². The number of oxazole rings is 1. The third-order valence-electron chi connectivity index (χ3n) is 6.75. The molecular weight excluding hydrogens is 518 g/mol. The molecule has 5 rings (SSSR count). The number of hydrogen-bond acceptors (Lipinski definition) is 8. The van der Waals surface area contributed by atoms with Crippen molar-refractivity contribution in [2.45, 2.75) is 29.3 Å². The molecule has 0 bridgehead atoms. The van der Waals surface area contributed by atoms with Crippen molar-refractivity contribution in [3.05, 3.63) is 96.3 Å². The van der Waals surface area contributed by atoms with Crippen LogP contribution in [0, 0.1) is 12.0 Å². The van der Waals surface area contributed by atoms with Gasteiger partial charge in [0.2, 0.25) is 10.0 Å². The smallest absolute Gasteiger partial charge is 0.238 e. The number of pyridine rings is 1. The van der Waals surface area contributed by atoms with E-state index in [9.17, 15) is 8.42 Å². The fourth-order valence-electron chi connectivity index (χ4n) is 4.61. The standard InChI is InChI=1S/C29H27N3O6S/c1-35-29(12-15-36-16-13-29)23-17-24(19-31-18-23)37-14-11-26(21-5-3-2-4-6-21)27-28(38-20-32-27)22-7-9-25(10-8-22)39(30,33)34/h2-10,17-20,26H,12-13,15-16H2,1H3,(H2,30,33,34). The molecule has 2 aromatic carbocycles. The maximum Gasteiger partial charge on any atom is 0.238 e. The van der Waals surface area contributed by atoms with E-state index in [2.05, 4.69) is 22.0 Å². The van der Waals surface area contributed by atoms with E-state index in [0.717, 1.165) is 24.0 Å². The number of ether oxygens (including phenoxy) is 3. The minimum absolute atomic E-state index is 0.00645. The molecule has 0 radical (unpaired) electrons. The molecule has 2 aromatic heterocycles. The predicted octanol–water partition coefficient (Wildman–Crippen LogP) is 4.21.